The lowest BCUT2D eigenvalue weighted by atomic mass is 10.1. The maximum Gasteiger partial charge on any atom is 0.490 e. The number of nitrogens with one attached hydrogen (secondary N) is 1. The van der Waals surface area contributed by atoms with Crippen molar-refractivity contribution >= 4 is 17.8 Å². The van der Waals surface area contributed by atoms with Gasteiger partial charge in [0.15, 0.2) is 0 Å². The van der Waals surface area contributed by atoms with Crippen molar-refractivity contribution in [1.29, 1.82) is 0 Å². The monoisotopic (exact) mass is 463 g/mol. The van der Waals surface area contributed by atoms with E-state index in [1.807, 2.05) is 4.90 Å². The number of amides is 2. The van der Waals surface area contributed by atoms with Crippen molar-refractivity contribution in [2.45, 2.75) is 38.8 Å². The van der Waals surface area contributed by atoms with E-state index in [9.17, 15) is 27.2 Å². The molecule has 1 fully saturated rings. The predicted molar refractivity (Wildman–Crippen MR) is 110 cm³/mol. The van der Waals surface area contributed by atoms with Gasteiger partial charge in [-0.2, -0.15) is 13.2 Å². The van der Waals surface area contributed by atoms with Crippen molar-refractivity contribution in [3.8, 4) is 0 Å². The Hall–Kier alpha value is -2.69. The minimum absolute atomic E-state index is 0.0778. The summed E-state index contributed by atoms with van der Waals surface area (Å²) in [6.45, 7) is 6.13. The Bertz CT molecular complexity index is 753. The van der Waals surface area contributed by atoms with Gasteiger partial charge in [0.25, 0.3) is 5.91 Å². The number of halogens is 4. The van der Waals surface area contributed by atoms with Crippen molar-refractivity contribution < 1.29 is 37.1 Å². The molecule has 2 N–H and O–H groups in total. The molecule has 0 unspecified atom stereocenters. The fourth-order valence-corrected chi connectivity index (χ4v) is 2.97. The first-order chi connectivity index (χ1) is 15.1. The van der Waals surface area contributed by atoms with Crippen LogP contribution in [0.5, 0.6) is 0 Å². The van der Waals surface area contributed by atoms with Crippen LogP contribution in [0.1, 0.15) is 43.0 Å². The Morgan fingerprint density at radius 1 is 1.12 bits per heavy atom. The number of hydrogen-bond donors (Lipinski definition) is 2. The van der Waals surface area contributed by atoms with E-state index in [1.165, 1.54) is 12.1 Å². The molecule has 180 valence electrons. The smallest absolute Gasteiger partial charge is 0.475 e. The summed E-state index contributed by atoms with van der Waals surface area (Å²) in [5, 5.41) is 10.3. The van der Waals surface area contributed by atoms with Crippen molar-refractivity contribution in [1.82, 2.24) is 15.1 Å². The van der Waals surface area contributed by atoms with E-state index >= 15 is 0 Å². The van der Waals surface area contributed by atoms with Crippen molar-refractivity contribution in [2.75, 3.05) is 39.3 Å². The molecule has 1 aromatic carbocycles. The second kappa shape index (κ2) is 13.7. The van der Waals surface area contributed by atoms with Gasteiger partial charge in [0.05, 0.1) is 0 Å². The SMILES string of the molecule is CCCCCN(CCC(=O)N1CCNCC1)C(=O)c1cccc(F)c1.O=C(O)C(F)(F)F. The zero-order chi connectivity index (χ0) is 24.1. The number of nitrogens with zero attached hydrogens (tertiary/aromatic N) is 2. The van der Waals surface area contributed by atoms with Gasteiger partial charge in [0.1, 0.15) is 5.82 Å². The molecule has 1 heterocycles. The average molecular weight is 463 g/mol. The molecule has 0 bridgehead atoms. The quantitative estimate of drug-likeness (QED) is 0.457. The van der Waals surface area contributed by atoms with Crippen LogP contribution in [-0.4, -0.2) is 78.1 Å². The lowest BCUT2D eigenvalue weighted by Gasteiger charge is -2.29. The normalized spacial score (nSPS) is 13.7. The number of alkyl halides is 3. The Morgan fingerprint density at radius 3 is 2.28 bits per heavy atom. The van der Waals surface area contributed by atoms with E-state index in [2.05, 4.69) is 12.2 Å². The summed E-state index contributed by atoms with van der Waals surface area (Å²) < 4.78 is 45.2. The van der Waals surface area contributed by atoms with Gasteiger partial charge < -0.3 is 20.2 Å². The zero-order valence-electron chi connectivity index (χ0n) is 18.0. The van der Waals surface area contributed by atoms with Gasteiger partial charge in [-0.05, 0) is 24.6 Å². The highest BCUT2D eigenvalue weighted by Crippen LogP contribution is 2.13. The molecule has 11 heteroatoms. The molecule has 7 nitrogen and oxygen atoms in total. The lowest BCUT2D eigenvalue weighted by molar-refractivity contribution is -0.192. The summed E-state index contributed by atoms with van der Waals surface area (Å²) in [6, 6.07) is 5.74. The highest BCUT2D eigenvalue weighted by atomic mass is 19.4. The Labute approximate surface area is 184 Å². The molecule has 0 spiro atoms. The van der Waals surface area contributed by atoms with Crippen LogP contribution in [-0.2, 0) is 9.59 Å². The Morgan fingerprint density at radius 2 is 1.75 bits per heavy atom. The maximum atomic E-state index is 13.4. The first-order valence-corrected chi connectivity index (χ1v) is 10.4. The van der Waals surface area contributed by atoms with Crippen LogP contribution >= 0.6 is 0 Å². The highest BCUT2D eigenvalue weighted by Gasteiger charge is 2.38. The van der Waals surface area contributed by atoms with Crippen LogP contribution in [0.15, 0.2) is 24.3 Å². The fraction of sp³-hybridized carbons (Fsp3) is 0.571. The highest BCUT2D eigenvalue weighted by molar-refractivity contribution is 5.94. The number of carboxylic acids is 1. The van der Waals surface area contributed by atoms with Crippen LogP contribution in [0.4, 0.5) is 17.6 Å². The van der Waals surface area contributed by atoms with Crippen molar-refractivity contribution in [2.24, 2.45) is 0 Å². The van der Waals surface area contributed by atoms with E-state index in [0.717, 1.165) is 32.4 Å². The zero-order valence-corrected chi connectivity index (χ0v) is 18.0. The first kappa shape index (κ1) is 27.3. The fourth-order valence-electron chi connectivity index (χ4n) is 2.97. The molecule has 0 radical (unpaired) electrons. The number of carboxylic acid groups (broad SMARTS) is 1. The van der Waals surface area contributed by atoms with Crippen LogP contribution in [0.2, 0.25) is 0 Å². The first-order valence-electron chi connectivity index (χ1n) is 10.4. The lowest BCUT2D eigenvalue weighted by Crippen LogP contribution is -2.47. The molecule has 0 aromatic heterocycles. The minimum Gasteiger partial charge on any atom is -0.475 e. The van der Waals surface area contributed by atoms with Crippen LogP contribution in [0.3, 0.4) is 0 Å². The number of unbranched alkanes of at least 4 members (excludes halogenated alkanes) is 2. The Balaban J connectivity index is 0.000000633. The number of rotatable bonds is 8. The number of benzene rings is 1. The number of aliphatic carboxylic acids is 1. The molecule has 0 saturated carbocycles. The van der Waals surface area contributed by atoms with E-state index in [-0.39, 0.29) is 11.8 Å². The van der Waals surface area contributed by atoms with E-state index in [4.69, 9.17) is 9.90 Å². The van der Waals surface area contributed by atoms with Crippen LogP contribution < -0.4 is 5.32 Å². The summed E-state index contributed by atoms with van der Waals surface area (Å²) in [5.41, 5.74) is 0.339. The largest absolute Gasteiger partial charge is 0.490 e. The van der Waals surface area contributed by atoms with Gasteiger partial charge in [0.2, 0.25) is 5.91 Å². The van der Waals surface area contributed by atoms with Crippen LogP contribution in [0, 0.1) is 5.82 Å². The molecular formula is C21H29F4N3O4. The molecular weight excluding hydrogens is 434 g/mol. The molecule has 32 heavy (non-hydrogen) atoms. The topological polar surface area (TPSA) is 90.0 Å². The van der Waals surface area contributed by atoms with E-state index < -0.39 is 18.0 Å². The van der Waals surface area contributed by atoms with Gasteiger partial charge in [-0.25, -0.2) is 9.18 Å². The predicted octanol–water partition coefficient (Wildman–Crippen LogP) is 2.91. The average Bonchev–Trinajstić information content (AvgIpc) is 2.76. The van der Waals surface area contributed by atoms with Gasteiger partial charge in [-0.15, -0.1) is 0 Å². The standard InChI is InChI=1S/C19H28FN3O2.C2HF3O2/c1-2-3-4-11-23(19(25)16-6-5-7-17(20)15-16)12-8-18(24)22-13-9-21-10-14-22;3-2(4,5)1(6)7/h5-7,15,21H,2-4,8-14H2,1H3;(H,6,7). The molecule has 1 aliphatic heterocycles. The Kier molecular flexibility index (Phi) is 11.7. The molecule has 1 aliphatic rings. The third kappa shape index (κ3) is 10.1. The molecule has 0 atom stereocenters. The van der Waals surface area contributed by atoms with Gasteiger partial charge in [-0.3, -0.25) is 9.59 Å². The second-order valence-corrected chi connectivity index (χ2v) is 7.19. The molecule has 1 saturated heterocycles. The third-order valence-electron chi connectivity index (χ3n) is 4.70. The number of piperazine rings is 1. The molecule has 1 aromatic rings. The molecule has 2 amide bonds. The van der Waals surface area contributed by atoms with E-state index in [1.54, 1.807) is 17.0 Å². The van der Waals surface area contributed by atoms with Crippen molar-refractivity contribution in [3.05, 3.63) is 35.6 Å². The summed E-state index contributed by atoms with van der Waals surface area (Å²) in [4.78, 5) is 37.5. The van der Waals surface area contributed by atoms with Crippen LogP contribution in [0.25, 0.3) is 0 Å². The van der Waals surface area contributed by atoms with Crippen molar-refractivity contribution in [3.63, 3.8) is 0 Å². The maximum absolute atomic E-state index is 13.4. The summed E-state index contributed by atoms with van der Waals surface area (Å²) in [6.07, 6.45) is -1.80. The number of carbonyl (C=O) groups excluding carboxylic acids is 2. The summed E-state index contributed by atoms with van der Waals surface area (Å²) >= 11 is 0. The number of hydrogen-bond acceptors (Lipinski definition) is 4. The summed E-state index contributed by atoms with van der Waals surface area (Å²) in [5.74, 6) is -3.30. The van der Waals surface area contributed by atoms with Gasteiger partial charge in [0, 0.05) is 51.3 Å². The minimum atomic E-state index is -5.08. The second-order valence-electron chi connectivity index (χ2n) is 7.19. The molecule has 0 aliphatic carbocycles. The summed E-state index contributed by atoms with van der Waals surface area (Å²) in [7, 11) is 0. The van der Waals surface area contributed by atoms with Gasteiger partial charge in [-0.1, -0.05) is 25.8 Å². The number of carbonyl (C=O) groups is 3. The van der Waals surface area contributed by atoms with Gasteiger partial charge >= 0.3 is 12.1 Å². The van der Waals surface area contributed by atoms with E-state index in [0.29, 0.717) is 38.2 Å². The molecule has 2 rings (SSSR count). The third-order valence-corrected chi connectivity index (χ3v) is 4.70.